The molecular formula is C30H36Cl3N3O4S. The summed E-state index contributed by atoms with van der Waals surface area (Å²) in [6, 6.07) is 24.6. The maximum Gasteiger partial charge on any atom is 0.242 e. The predicted octanol–water partition coefficient (Wildman–Crippen LogP) is 5.20. The van der Waals surface area contributed by atoms with Gasteiger partial charge in [0.05, 0.1) is 29.5 Å². The van der Waals surface area contributed by atoms with Gasteiger partial charge in [-0.25, -0.2) is 13.1 Å². The Morgan fingerprint density at radius 2 is 1.59 bits per heavy atom. The van der Waals surface area contributed by atoms with Crippen LogP contribution < -0.4 is 10.0 Å². The van der Waals surface area contributed by atoms with Crippen molar-refractivity contribution in [2.24, 2.45) is 0 Å². The van der Waals surface area contributed by atoms with Gasteiger partial charge in [0, 0.05) is 31.6 Å². The summed E-state index contributed by atoms with van der Waals surface area (Å²) < 4.78 is 32.5. The third-order valence-corrected chi connectivity index (χ3v) is 8.73. The van der Waals surface area contributed by atoms with Crippen LogP contribution in [0.1, 0.15) is 29.5 Å². The van der Waals surface area contributed by atoms with Crippen molar-refractivity contribution in [1.29, 1.82) is 0 Å². The zero-order valence-electron chi connectivity index (χ0n) is 22.9. The topological polar surface area (TPSA) is 87.7 Å². The van der Waals surface area contributed by atoms with Gasteiger partial charge < -0.3 is 9.64 Å². The minimum absolute atomic E-state index is 0. The third kappa shape index (κ3) is 9.68. The quantitative estimate of drug-likeness (QED) is 0.284. The van der Waals surface area contributed by atoms with Gasteiger partial charge in [-0.2, -0.15) is 0 Å². The second kappa shape index (κ2) is 15.3. The van der Waals surface area contributed by atoms with Crippen LogP contribution in [0, 0.1) is 0 Å². The molecule has 3 aromatic carbocycles. The Morgan fingerprint density at radius 1 is 0.951 bits per heavy atom. The molecule has 0 unspecified atom stereocenters. The largest absolute Gasteiger partial charge is 0.375 e. The Morgan fingerprint density at radius 3 is 2.20 bits per heavy atom. The molecule has 3 aromatic rings. The summed E-state index contributed by atoms with van der Waals surface area (Å²) in [5.74, 6) is -0.0391. The zero-order chi connectivity index (χ0) is 28.6. The monoisotopic (exact) mass is 639 g/mol. The second-order valence-corrected chi connectivity index (χ2v) is 12.9. The van der Waals surface area contributed by atoms with Crippen molar-refractivity contribution in [3.05, 3.63) is 106 Å². The molecule has 7 nitrogen and oxygen atoms in total. The molecule has 11 heteroatoms. The standard InChI is InChI=1S/C30H35Cl2N3O4S.ClH/c1-40(37,38)34-22-30(25-10-6-3-7-11-25)14-16-35(17-15-30)29(36)28(33-19-23-8-4-2-5-9-23)21-39-20-24-12-13-26(31)27(32)18-24;/h2-13,18,28,33-34H,14-17,19-22H2,1H3;1H/t28-;/m0./s1. The summed E-state index contributed by atoms with van der Waals surface area (Å²) in [6.07, 6.45) is 2.45. The van der Waals surface area contributed by atoms with E-state index in [9.17, 15) is 13.2 Å². The average molecular weight is 641 g/mol. The Bertz CT molecular complexity index is 1370. The molecule has 1 fully saturated rings. The lowest BCUT2D eigenvalue weighted by Crippen LogP contribution is -2.55. The Hall–Kier alpha value is -2.17. The molecule has 1 amide bonds. The SMILES string of the molecule is CS(=O)(=O)NCC1(c2ccccc2)CCN(C(=O)[C@H](COCc2ccc(Cl)c(Cl)c2)NCc2ccccc2)CC1.Cl. The summed E-state index contributed by atoms with van der Waals surface area (Å²) in [4.78, 5) is 15.6. The molecule has 2 N–H and O–H groups in total. The van der Waals surface area contributed by atoms with E-state index in [1.807, 2.05) is 71.6 Å². The molecule has 1 saturated heterocycles. The predicted molar refractivity (Wildman–Crippen MR) is 167 cm³/mol. The van der Waals surface area contributed by atoms with Crippen LogP contribution in [-0.4, -0.2) is 57.8 Å². The first-order valence-corrected chi connectivity index (χ1v) is 15.9. The number of halogens is 3. The van der Waals surface area contributed by atoms with Crippen LogP contribution in [0.2, 0.25) is 10.0 Å². The van der Waals surface area contributed by atoms with E-state index in [-0.39, 0.29) is 24.9 Å². The van der Waals surface area contributed by atoms with Crippen molar-refractivity contribution in [2.45, 2.75) is 37.5 Å². The van der Waals surface area contributed by atoms with E-state index in [1.54, 1.807) is 12.1 Å². The Labute approximate surface area is 259 Å². The van der Waals surface area contributed by atoms with Gasteiger partial charge in [0.2, 0.25) is 15.9 Å². The van der Waals surface area contributed by atoms with Gasteiger partial charge in [-0.3, -0.25) is 10.1 Å². The van der Waals surface area contributed by atoms with Crippen LogP contribution in [-0.2, 0) is 38.1 Å². The van der Waals surface area contributed by atoms with Gasteiger partial charge in [-0.15, -0.1) is 12.4 Å². The zero-order valence-corrected chi connectivity index (χ0v) is 26.0. The van der Waals surface area contributed by atoms with Gasteiger partial charge >= 0.3 is 0 Å². The van der Waals surface area contributed by atoms with Crippen LogP contribution in [0.25, 0.3) is 0 Å². The van der Waals surface area contributed by atoms with Crippen molar-refractivity contribution in [2.75, 3.05) is 32.5 Å². The van der Waals surface area contributed by atoms with Gasteiger partial charge in [0.25, 0.3) is 0 Å². The van der Waals surface area contributed by atoms with Crippen LogP contribution in [0.4, 0.5) is 0 Å². The number of ether oxygens (including phenoxy) is 1. The number of carbonyl (C=O) groups excluding carboxylic acids is 1. The number of nitrogens with one attached hydrogen (secondary N) is 2. The van der Waals surface area contributed by atoms with Crippen molar-refractivity contribution in [3.8, 4) is 0 Å². The van der Waals surface area contributed by atoms with Crippen molar-refractivity contribution >= 4 is 51.5 Å². The van der Waals surface area contributed by atoms with Crippen molar-refractivity contribution in [1.82, 2.24) is 14.9 Å². The molecule has 0 bridgehead atoms. The molecule has 0 radical (unpaired) electrons. The lowest BCUT2D eigenvalue weighted by atomic mass is 9.73. The number of piperidine rings is 1. The highest BCUT2D eigenvalue weighted by atomic mass is 35.5. The number of rotatable bonds is 12. The van der Waals surface area contributed by atoms with Crippen LogP contribution >= 0.6 is 35.6 Å². The van der Waals surface area contributed by atoms with Crippen LogP contribution in [0.15, 0.2) is 78.9 Å². The first-order valence-electron chi connectivity index (χ1n) is 13.2. The molecule has 222 valence electrons. The lowest BCUT2D eigenvalue weighted by Gasteiger charge is -2.43. The number of likely N-dealkylation sites (tertiary alicyclic amines) is 1. The normalized spacial score (nSPS) is 15.6. The number of nitrogens with zero attached hydrogens (tertiary/aromatic N) is 1. The summed E-state index contributed by atoms with van der Waals surface area (Å²) in [6.45, 7) is 2.31. The highest BCUT2D eigenvalue weighted by Gasteiger charge is 2.39. The van der Waals surface area contributed by atoms with E-state index in [4.69, 9.17) is 27.9 Å². The maximum atomic E-state index is 13.8. The van der Waals surface area contributed by atoms with Gasteiger partial charge in [0.1, 0.15) is 6.04 Å². The molecule has 4 rings (SSSR count). The summed E-state index contributed by atoms with van der Waals surface area (Å²) in [5, 5.41) is 4.32. The molecule has 0 aliphatic carbocycles. The van der Waals surface area contributed by atoms with E-state index in [0.717, 1.165) is 16.7 Å². The number of sulfonamides is 1. The van der Waals surface area contributed by atoms with E-state index >= 15 is 0 Å². The highest BCUT2D eigenvalue weighted by molar-refractivity contribution is 7.88. The number of benzene rings is 3. The van der Waals surface area contributed by atoms with Crippen LogP contribution in [0.5, 0.6) is 0 Å². The van der Waals surface area contributed by atoms with Gasteiger partial charge in [-0.1, -0.05) is 89.9 Å². The molecule has 1 aliphatic heterocycles. The molecule has 1 atom stereocenters. The summed E-state index contributed by atoms with van der Waals surface area (Å²) in [5.41, 5.74) is 2.62. The van der Waals surface area contributed by atoms with E-state index in [2.05, 4.69) is 10.0 Å². The average Bonchev–Trinajstić information content (AvgIpc) is 2.96. The van der Waals surface area contributed by atoms with Crippen molar-refractivity contribution in [3.63, 3.8) is 0 Å². The molecule has 41 heavy (non-hydrogen) atoms. The fourth-order valence-corrected chi connectivity index (χ4v) is 5.84. The summed E-state index contributed by atoms with van der Waals surface area (Å²) >= 11 is 12.2. The fraction of sp³-hybridized carbons (Fsp3) is 0.367. The van der Waals surface area contributed by atoms with Gasteiger partial charge in [-0.05, 0) is 41.7 Å². The number of amides is 1. The van der Waals surface area contributed by atoms with E-state index in [0.29, 0.717) is 55.7 Å². The minimum atomic E-state index is -3.36. The first-order chi connectivity index (χ1) is 19.2. The fourth-order valence-electron chi connectivity index (χ4n) is 4.98. The van der Waals surface area contributed by atoms with E-state index < -0.39 is 21.5 Å². The minimum Gasteiger partial charge on any atom is -0.375 e. The van der Waals surface area contributed by atoms with Crippen molar-refractivity contribution < 1.29 is 17.9 Å². The molecule has 0 aromatic heterocycles. The molecular weight excluding hydrogens is 605 g/mol. The number of hydrogen-bond acceptors (Lipinski definition) is 5. The smallest absolute Gasteiger partial charge is 0.242 e. The highest BCUT2D eigenvalue weighted by Crippen LogP contribution is 2.35. The Balaban J connectivity index is 0.00000462. The Kier molecular flexibility index (Phi) is 12.5. The first kappa shape index (κ1) is 33.3. The lowest BCUT2D eigenvalue weighted by molar-refractivity contribution is -0.137. The number of carbonyl (C=O) groups is 1. The van der Waals surface area contributed by atoms with Gasteiger partial charge in [0.15, 0.2) is 0 Å². The molecule has 1 heterocycles. The summed E-state index contributed by atoms with van der Waals surface area (Å²) in [7, 11) is -3.36. The van der Waals surface area contributed by atoms with Crippen LogP contribution in [0.3, 0.4) is 0 Å². The molecule has 0 spiro atoms. The molecule has 1 aliphatic rings. The molecule has 0 saturated carbocycles. The second-order valence-electron chi connectivity index (χ2n) is 10.2. The third-order valence-electron chi connectivity index (χ3n) is 7.32. The number of hydrogen-bond donors (Lipinski definition) is 2. The maximum absolute atomic E-state index is 13.8. The van der Waals surface area contributed by atoms with E-state index in [1.165, 1.54) is 6.26 Å².